The van der Waals surface area contributed by atoms with Crippen molar-refractivity contribution in [1.29, 1.82) is 0 Å². The number of benzene rings is 2. The Labute approximate surface area is 145 Å². The fraction of sp³-hybridized carbons (Fsp3) is 0.333. The first-order valence-corrected chi connectivity index (χ1v) is 8.13. The number of hydrogen-bond donors (Lipinski definition) is 0. The third-order valence-corrected chi connectivity index (χ3v) is 4.30. The van der Waals surface area contributed by atoms with Gasteiger partial charge in [-0.05, 0) is 12.6 Å². The molecular formula is C18H20FN3O3. The zero-order chi connectivity index (χ0) is 17.8. The lowest BCUT2D eigenvalue weighted by Crippen LogP contribution is -2.44. The number of ether oxygens (including phenoxy) is 1. The molecule has 1 heterocycles. The molecule has 0 bridgehead atoms. The summed E-state index contributed by atoms with van der Waals surface area (Å²) in [5, 5.41) is 11.4. The van der Waals surface area contributed by atoms with Crippen LogP contribution < -0.4 is 9.64 Å². The van der Waals surface area contributed by atoms with Crippen LogP contribution in [0.1, 0.15) is 5.56 Å². The Kier molecular flexibility index (Phi) is 5.14. The van der Waals surface area contributed by atoms with Crippen LogP contribution in [0.15, 0.2) is 42.5 Å². The Bertz CT molecular complexity index is 747. The molecule has 1 saturated heterocycles. The molecule has 2 aromatic carbocycles. The van der Waals surface area contributed by atoms with Crippen LogP contribution in [-0.4, -0.2) is 43.0 Å². The lowest BCUT2D eigenvalue weighted by atomic mass is 10.2. The van der Waals surface area contributed by atoms with Gasteiger partial charge in [0, 0.05) is 44.0 Å². The van der Waals surface area contributed by atoms with Gasteiger partial charge in [0.15, 0.2) is 5.82 Å². The molecule has 1 aliphatic heterocycles. The number of piperazine rings is 1. The van der Waals surface area contributed by atoms with E-state index in [2.05, 4.69) is 4.90 Å². The van der Waals surface area contributed by atoms with Gasteiger partial charge in [0.25, 0.3) is 0 Å². The van der Waals surface area contributed by atoms with Crippen molar-refractivity contribution >= 4 is 11.4 Å². The zero-order valence-electron chi connectivity index (χ0n) is 14.0. The summed E-state index contributed by atoms with van der Waals surface area (Å²) in [5.41, 5.74) is 0.994. The normalized spacial score (nSPS) is 15.2. The van der Waals surface area contributed by atoms with Gasteiger partial charge in [-0.1, -0.05) is 30.3 Å². The molecule has 0 spiro atoms. The van der Waals surface area contributed by atoms with E-state index in [9.17, 15) is 14.5 Å². The van der Waals surface area contributed by atoms with Crippen LogP contribution in [0.4, 0.5) is 15.8 Å². The van der Waals surface area contributed by atoms with E-state index >= 15 is 0 Å². The Balaban J connectivity index is 1.84. The highest BCUT2D eigenvalue weighted by molar-refractivity contribution is 5.61. The van der Waals surface area contributed by atoms with Gasteiger partial charge in [0.1, 0.15) is 6.61 Å². The van der Waals surface area contributed by atoms with Crippen molar-refractivity contribution in [3.8, 4) is 5.75 Å². The number of likely N-dealkylation sites (N-methyl/N-ethyl adjacent to an activating group) is 1. The first kappa shape index (κ1) is 17.2. The predicted octanol–water partition coefficient (Wildman–Crippen LogP) is 3.06. The van der Waals surface area contributed by atoms with E-state index in [4.69, 9.17) is 4.74 Å². The molecule has 1 fully saturated rings. The highest BCUT2D eigenvalue weighted by Crippen LogP contribution is 2.35. The molecule has 0 aliphatic carbocycles. The first-order valence-electron chi connectivity index (χ1n) is 8.13. The molecule has 6 nitrogen and oxygen atoms in total. The van der Waals surface area contributed by atoms with E-state index < -0.39 is 10.7 Å². The summed E-state index contributed by atoms with van der Waals surface area (Å²) in [6, 6.07) is 11.9. The minimum absolute atomic E-state index is 0.0758. The standard InChI is InChI=1S/C18H20FN3O3/c1-20-7-9-21(10-8-20)15-11-16(19)18(17(12-15)22(23)24)25-13-14-5-3-2-4-6-14/h2-6,11-12H,7-10,13H2,1H3. The van der Waals surface area contributed by atoms with Crippen LogP contribution in [-0.2, 0) is 6.61 Å². The average Bonchev–Trinajstić information content (AvgIpc) is 2.61. The van der Waals surface area contributed by atoms with Crippen molar-refractivity contribution in [1.82, 2.24) is 4.90 Å². The summed E-state index contributed by atoms with van der Waals surface area (Å²) in [7, 11) is 2.01. The molecule has 0 amide bonds. The molecule has 0 atom stereocenters. The van der Waals surface area contributed by atoms with E-state index in [1.54, 1.807) is 0 Å². The van der Waals surface area contributed by atoms with E-state index in [0.29, 0.717) is 18.8 Å². The predicted molar refractivity (Wildman–Crippen MR) is 93.5 cm³/mol. The summed E-state index contributed by atoms with van der Waals surface area (Å²) in [6.07, 6.45) is 0. The van der Waals surface area contributed by atoms with Gasteiger partial charge in [0.05, 0.1) is 4.92 Å². The Morgan fingerprint density at radius 2 is 1.84 bits per heavy atom. The quantitative estimate of drug-likeness (QED) is 0.616. The topological polar surface area (TPSA) is 58.8 Å². The summed E-state index contributed by atoms with van der Waals surface area (Å²) < 4.78 is 20.0. The number of halogens is 1. The Hall–Kier alpha value is -2.67. The second kappa shape index (κ2) is 7.48. The van der Waals surface area contributed by atoms with Crippen molar-refractivity contribution in [2.45, 2.75) is 6.61 Å². The number of nitro benzene ring substituents is 1. The maximum absolute atomic E-state index is 14.5. The van der Waals surface area contributed by atoms with Crippen molar-refractivity contribution in [2.24, 2.45) is 0 Å². The van der Waals surface area contributed by atoms with Gasteiger partial charge >= 0.3 is 5.69 Å². The van der Waals surface area contributed by atoms with Gasteiger partial charge < -0.3 is 14.5 Å². The average molecular weight is 345 g/mol. The van der Waals surface area contributed by atoms with Crippen LogP contribution in [0.25, 0.3) is 0 Å². The van der Waals surface area contributed by atoms with Crippen LogP contribution in [0, 0.1) is 15.9 Å². The van der Waals surface area contributed by atoms with Gasteiger partial charge in [0.2, 0.25) is 5.75 Å². The van der Waals surface area contributed by atoms with Gasteiger partial charge in [-0.3, -0.25) is 10.1 Å². The van der Waals surface area contributed by atoms with Gasteiger partial charge in [-0.25, -0.2) is 4.39 Å². The molecule has 0 unspecified atom stereocenters. The zero-order valence-corrected chi connectivity index (χ0v) is 14.0. The number of nitrogens with zero attached hydrogens (tertiary/aromatic N) is 3. The highest BCUT2D eigenvalue weighted by atomic mass is 19.1. The van der Waals surface area contributed by atoms with Crippen LogP contribution in [0.3, 0.4) is 0 Å². The largest absolute Gasteiger partial charge is 0.480 e. The van der Waals surface area contributed by atoms with Crippen LogP contribution >= 0.6 is 0 Å². The Morgan fingerprint density at radius 1 is 1.16 bits per heavy atom. The molecule has 0 N–H and O–H groups in total. The second-order valence-electron chi connectivity index (χ2n) is 6.10. The van der Waals surface area contributed by atoms with Gasteiger partial charge in [-0.15, -0.1) is 0 Å². The van der Waals surface area contributed by atoms with Crippen LogP contribution in [0.5, 0.6) is 5.75 Å². The molecule has 132 valence electrons. The summed E-state index contributed by atoms with van der Waals surface area (Å²) in [6.45, 7) is 3.16. The maximum atomic E-state index is 14.5. The summed E-state index contributed by atoms with van der Waals surface area (Å²) in [4.78, 5) is 14.9. The lowest BCUT2D eigenvalue weighted by Gasteiger charge is -2.34. The third-order valence-electron chi connectivity index (χ3n) is 4.30. The maximum Gasteiger partial charge on any atom is 0.316 e. The number of hydrogen-bond acceptors (Lipinski definition) is 5. The van der Waals surface area contributed by atoms with E-state index in [-0.39, 0.29) is 18.0 Å². The highest BCUT2D eigenvalue weighted by Gasteiger charge is 2.25. The minimum atomic E-state index is -0.709. The van der Waals surface area contributed by atoms with E-state index in [1.807, 2.05) is 42.3 Å². The molecule has 25 heavy (non-hydrogen) atoms. The molecule has 2 aromatic rings. The smallest absolute Gasteiger partial charge is 0.316 e. The fourth-order valence-electron chi connectivity index (χ4n) is 2.82. The van der Waals surface area contributed by atoms with Crippen molar-refractivity contribution in [3.05, 3.63) is 64.0 Å². The summed E-state index contributed by atoms with van der Waals surface area (Å²) in [5.74, 6) is -1.02. The molecule has 1 aliphatic rings. The number of rotatable bonds is 5. The van der Waals surface area contributed by atoms with Crippen molar-refractivity contribution in [3.63, 3.8) is 0 Å². The third kappa shape index (κ3) is 4.06. The monoisotopic (exact) mass is 345 g/mol. The van der Waals surface area contributed by atoms with Gasteiger partial charge in [-0.2, -0.15) is 0 Å². The van der Waals surface area contributed by atoms with Crippen molar-refractivity contribution in [2.75, 3.05) is 38.1 Å². The molecule has 0 aromatic heterocycles. The molecular weight excluding hydrogens is 325 g/mol. The molecule has 3 rings (SSSR count). The lowest BCUT2D eigenvalue weighted by molar-refractivity contribution is -0.386. The van der Waals surface area contributed by atoms with E-state index in [1.165, 1.54) is 12.1 Å². The molecule has 0 radical (unpaired) electrons. The number of anilines is 1. The first-order chi connectivity index (χ1) is 12.0. The Morgan fingerprint density at radius 3 is 2.48 bits per heavy atom. The second-order valence-corrected chi connectivity index (χ2v) is 6.10. The molecule has 0 saturated carbocycles. The SMILES string of the molecule is CN1CCN(c2cc(F)c(OCc3ccccc3)c([N+](=O)[O-])c2)CC1. The minimum Gasteiger partial charge on any atom is -0.480 e. The fourth-order valence-corrected chi connectivity index (χ4v) is 2.82. The number of nitro groups is 1. The summed E-state index contributed by atoms with van der Waals surface area (Å²) >= 11 is 0. The van der Waals surface area contributed by atoms with Crippen molar-refractivity contribution < 1.29 is 14.1 Å². The van der Waals surface area contributed by atoms with Crippen LogP contribution in [0.2, 0.25) is 0 Å². The molecule has 7 heteroatoms. The van der Waals surface area contributed by atoms with E-state index in [0.717, 1.165) is 18.7 Å².